The molecule has 2 aromatic heterocycles. The number of aryl methyl sites for hydroxylation is 1. The predicted octanol–water partition coefficient (Wildman–Crippen LogP) is 3.33. The normalized spacial score (nSPS) is 20.3. The highest BCUT2D eigenvalue weighted by Crippen LogP contribution is 2.37. The number of guanidine groups is 1. The lowest BCUT2D eigenvalue weighted by Crippen LogP contribution is -2.40. The maximum atomic E-state index is 11.8. The van der Waals surface area contributed by atoms with Crippen LogP contribution in [0.3, 0.4) is 0 Å². The van der Waals surface area contributed by atoms with E-state index in [2.05, 4.69) is 47.0 Å². The molecule has 1 fully saturated rings. The van der Waals surface area contributed by atoms with Crippen LogP contribution in [0.25, 0.3) is 0 Å². The predicted molar refractivity (Wildman–Crippen MR) is 126 cm³/mol. The number of rotatable bonds is 9. The third-order valence-electron chi connectivity index (χ3n) is 5.69. The fourth-order valence-electron chi connectivity index (χ4n) is 4.17. The molecule has 3 heterocycles. The highest BCUT2D eigenvalue weighted by molar-refractivity contribution is 7.10. The summed E-state index contributed by atoms with van der Waals surface area (Å²) in [5.74, 6) is 1.44. The fourth-order valence-corrected chi connectivity index (χ4v) is 5.15. The van der Waals surface area contributed by atoms with E-state index in [4.69, 9.17) is 4.99 Å². The Hall–Kier alpha value is -2.12. The van der Waals surface area contributed by atoms with Crippen molar-refractivity contribution in [1.29, 1.82) is 0 Å². The summed E-state index contributed by atoms with van der Waals surface area (Å²) in [6, 6.07) is 10.2. The Morgan fingerprint density at radius 2 is 2.13 bits per heavy atom. The molecule has 1 aliphatic heterocycles. The molecule has 0 aromatic carbocycles. The minimum Gasteiger partial charge on any atom is -0.357 e. The van der Waals surface area contributed by atoms with Crippen molar-refractivity contribution in [2.24, 2.45) is 10.9 Å². The number of nitrogens with one attached hydrogen (secondary N) is 2. The van der Waals surface area contributed by atoms with Crippen molar-refractivity contribution in [3.63, 3.8) is 0 Å². The van der Waals surface area contributed by atoms with Crippen LogP contribution in [-0.2, 0) is 6.54 Å². The molecule has 2 atom stereocenters. The molecule has 0 spiro atoms. The van der Waals surface area contributed by atoms with E-state index in [-0.39, 0.29) is 5.56 Å². The van der Waals surface area contributed by atoms with Gasteiger partial charge in [0.25, 0.3) is 0 Å². The Morgan fingerprint density at radius 3 is 2.90 bits per heavy atom. The molecule has 0 bridgehead atoms. The lowest BCUT2D eigenvalue weighted by atomic mass is 9.88. The first-order valence-corrected chi connectivity index (χ1v) is 12.0. The fraction of sp³-hybridized carbons (Fsp3) is 0.565. The molecule has 7 heteroatoms. The van der Waals surface area contributed by atoms with E-state index in [0.717, 1.165) is 51.5 Å². The molecule has 0 aliphatic carbocycles. The van der Waals surface area contributed by atoms with Crippen molar-refractivity contribution in [2.45, 2.75) is 45.2 Å². The number of thiophene rings is 1. The Balaban J connectivity index is 1.49. The molecule has 3 rings (SSSR count). The zero-order valence-corrected chi connectivity index (χ0v) is 19.0. The van der Waals surface area contributed by atoms with Gasteiger partial charge in [0, 0.05) is 49.4 Å². The van der Waals surface area contributed by atoms with Crippen LogP contribution < -0.4 is 16.2 Å². The quantitative estimate of drug-likeness (QED) is 0.365. The van der Waals surface area contributed by atoms with E-state index in [0.29, 0.717) is 12.0 Å². The van der Waals surface area contributed by atoms with Crippen molar-refractivity contribution in [3.8, 4) is 0 Å². The number of pyridine rings is 1. The lowest BCUT2D eigenvalue weighted by molar-refractivity contribution is 0.128. The molecule has 0 amide bonds. The van der Waals surface area contributed by atoms with E-state index in [9.17, 15) is 4.79 Å². The van der Waals surface area contributed by atoms with Crippen molar-refractivity contribution >= 4 is 17.3 Å². The number of likely N-dealkylation sites (tertiary alicyclic amines) is 1. The second kappa shape index (κ2) is 11.9. The molecule has 6 nitrogen and oxygen atoms in total. The van der Waals surface area contributed by atoms with Gasteiger partial charge in [0.1, 0.15) is 0 Å². The van der Waals surface area contributed by atoms with Crippen LogP contribution >= 0.6 is 11.3 Å². The summed E-state index contributed by atoms with van der Waals surface area (Å²) < 4.78 is 1.77. The average Bonchev–Trinajstić information content (AvgIpc) is 3.27. The molecular weight excluding hydrogens is 394 g/mol. The monoisotopic (exact) mass is 429 g/mol. The Bertz CT molecular complexity index is 832. The summed E-state index contributed by atoms with van der Waals surface area (Å²) in [6.07, 6.45) is 6.27. The minimum absolute atomic E-state index is 0.0677. The third kappa shape index (κ3) is 6.44. The van der Waals surface area contributed by atoms with Crippen LogP contribution in [0.5, 0.6) is 0 Å². The highest BCUT2D eigenvalue weighted by Gasteiger charge is 2.31. The zero-order chi connectivity index (χ0) is 21.2. The Labute approximate surface area is 184 Å². The largest absolute Gasteiger partial charge is 0.357 e. The van der Waals surface area contributed by atoms with Gasteiger partial charge in [0.2, 0.25) is 5.56 Å². The SMILES string of the molecule is CCNC(=NCC1CCCN(C)C1c1cccs1)NCCCCn1ccccc1=O. The van der Waals surface area contributed by atoms with Crippen molar-refractivity contribution in [2.75, 3.05) is 33.2 Å². The topological polar surface area (TPSA) is 61.7 Å². The molecule has 30 heavy (non-hydrogen) atoms. The van der Waals surface area contributed by atoms with Gasteiger partial charge in [-0.2, -0.15) is 0 Å². The summed E-state index contributed by atoms with van der Waals surface area (Å²) in [5.41, 5.74) is 0.0677. The first-order valence-electron chi connectivity index (χ1n) is 11.1. The first-order chi connectivity index (χ1) is 14.7. The van der Waals surface area contributed by atoms with Gasteiger partial charge in [0.05, 0.1) is 0 Å². The molecule has 1 saturated heterocycles. The number of aliphatic imine (C=N–C) groups is 1. The van der Waals surface area contributed by atoms with Crippen LogP contribution in [0.1, 0.15) is 43.5 Å². The van der Waals surface area contributed by atoms with Gasteiger partial charge in [-0.05, 0) is 69.6 Å². The van der Waals surface area contributed by atoms with E-state index >= 15 is 0 Å². The first kappa shape index (κ1) is 22.6. The summed E-state index contributed by atoms with van der Waals surface area (Å²) in [5, 5.41) is 9.01. The maximum absolute atomic E-state index is 11.8. The van der Waals surface area contributed by atoms with Crippen LogP contribution in [0.4, 0.5) is 0 Å². The smallest absolute Gasteiger partial charge is 0.250 e. The maximum Gasteiger partial charge on any atom is 0.250 e. The van der Waals surface area contributed by atoms with E-state index in [1.165, 1.54) is 17.7 Å². The van der Waals surface area contributed by atoms with Gasteiger partial charge in [-0.15, -0.1) is 11.3 Å². The van der Waals surface area contributed by atoms with Crippen LogP contribution in [0.2, 0.25) is 0 Å². The molecular formula is C23H35N5OS. The van der Waals surface area contributed by atoms with Crippen LogP contribution in [-0.4, -0.2) is 48.7 Å². The van der Waals surface area contributed by atoms with E-state index in [1.54, 1.807) is 16.7 Å². The molecule has 2 unspecified atom stereocenters. The molecule has 0 saturated carbocycles. The Kier molecular flexibility index (Phi) is 8.96. The average molecular weight is 430 g/mol. The standard InChI is InChI=1S/C23H35N5OS/c1-3-24-23(25-13-5-7-16-28-15-6-4-12-21(28)29)26-18-19-10-8-14-27(2)22(19)20-11-9-17-30-20/h4,6,9,11-12,15,17,19,22H,3,5,7-8,10,13-14,16,18H2,1-2H3,(H2,24,25,26). The highest BCUT2D eigenvalue weighted by atomic mass is 32.1. The van der Waals surface area contributed by atoms with Crippen molar-refractivity contribution in [1.82, 2.24) is 20.1 Å². The number of unbranched alkanes of at least 4 members (excludes halogenated alkanes) is 1. The number of piperidine rings is 1. The zero-order valence-electron chi connectivity index (χ0n) is 18.2. The third-order valence-corrected chi connectivity index (χ3v) is 6.63. The minimum atomic E-state index is 0.0677. The van der Waals surface area contributed by atoms with Crippen molar-refractivity contribution < 1.29 is 0 Å². The summed E-state index contributed by atoms with van der Waals surface area (Å²) >= 11 is 1.85. The van der Waals surface area contributed by atoms with Crippen LogP contribution in [0, 0.1) is 5.92 Å². The molecule has 0 radical (unpaired) electrons. The Morgan fingerprint density at radius 1 is 1.23 bits per heavy atom. The van der Waals surface area contributed by atoms with Gasteiger partial charge >= 0.3 is 0 Å². The van der Waals surface area contributed by atoms with E-state index in [1.807, 2.05) is 23.6 Å². The van der Waals surface area contributed by atoms with Crippen LogP contribution in [0.15, 0.2) is 51.7 Å². The summed E-state index contributed by atoms with van der Waals surface area (Å²) in [6.45, 7) is 6.55. The van der Waals surface area contributed by atoms with Gasteiger partial charge in [0.15, 0.2) is 5.96 Å². The molecule has 1 aliphatic rings. The summed E-state index contributed by atoms with van der Waals surface area (Å²) in [7, 11) is 2.24. The van der Waals surface area contributed by atoms with Crippen molar-refractivity contribution in [3.05, 3.63) is 57.1 Å². The molecule has 164 valence electrons. The molecule has 2 N–H and O–H groups in total. The van der Waals surface area contributed by atoms with E-state index < -0.39 is 0 Å². The number of aromatic nitrogens is 1. The number of hydrogen-bond acceptors (Lipinski definition) is 4. The number of nitrogens with zero attached hydrogens (tertiary/aromatic N) is 3. The van der Waals surface area contributed by atoms with Gasteiger partial charge in [-0.25, -0.2) is 0 Å². The van der Waals surface area contributed by atoms with Gasteiger partial charge in [-0.3, -0.25) is 14.7 Å². The van der Waals surface area contributed by atoms with Gasteiger partial charge < -0.3 is 15.2 Å². The second-order valence-corrected chi connectivity index (χ2v) is 8.91. The molecule has 2 aromatic rings. The number of hydrogen-bond donors (Lipinski definition) is 2. The summed E-state index contributed by atoms with van der Waals surface area (Å²) in [4.78, 5) is 20.6. The van der Waals surface area contributed by atoms with Gasteiger partial charge in [-0.1, -0.05) is 12.1 Å². The lowest BCUT2D eigenvalue weighted by Gasteiger charge is -2.38. The second-order valence-electron chi connectivity index (χ2n) is 7.93.